The molecule has 3 aromatic heterocycles. The van der Waals surface area contributed by atoms with E-state index in [1.165, 1.54) is 0 Å². The summed E-state index contributed by atoms with van der Waals surface area (Å²) in [5.74, 6) is 0.102. The van der Waals surface area contributed by atoms with Gasteiger partial charge in [0.1, 0.15) is 0 Å². The molecule has 27 heavy (non-hydrogen) atoms. The van der Waals surface area contributed by atoms with Crippen molar-refractivity contribution in [3.05, 3.63) is 48.0 Å². The second-order valence-corrected chi connectivity index (χ2v) is 7.09. The summed E-state index contributed by atoms with van der Waals surface area (Å²) in [5, 5.41) is 13.2. The fourth-order valence-corrected chi connectivity index (χ4v) is 3.85. The van der Waals surface area contributed by atoms with Crippen LogP contribution in [-0.2, 0) is 24.8 Å². The Kier molecular flexibility index (Phi) is 3.43. The van der Waals surface area contributed by atoms with Gasteiger partial charge in [-0.3, -0.25) is 14.6 Å². The average Bonchev–Trinajstić information content (AvgIpc) is 3.37. The van der Waals surface area contributed by atoms with Crippen LogP contribution in [0.3, 0.4) is 0 Å². The third-order valence-electron chi connectivity index (χ3n) is 5.35. The standard InChI is InChI=1S/C20H20N6O/c1-12(27)26-6-5-19-17(11-26)20(24-23-19)16-9-21-18-4-3-13(7-15(16)18)14-8-22-25(2)10-14/h3-4,7-10,21H,5-6,11H2,1-2H3,(H,23,24). The van der Waals surface area contributed by atoms with E-state index in [0.29, 0.717) is 6.54 Å². The summed E-state index contributed by atoms with van der Waals surface area (Å²) in [6.45, 7) is 2.96. The molecule has 0 radical (unpaired) electrons. The van der Waals surface area contributed by atoms with Crippen LogP contribution in [0.1, 0.15) is 18.2 Å². The molecule has 0 aliphatic carbocycles. The van der Waals surface area contributed by atoms with E-state index in [4.69, 9.17) is 0 Å². The highest BCUT2D eigenvalue weighted by molar-refractivity contribution is 5.98. The van der Waals surface area contributed by atoms with Crippen molar-refractivity contribution < 1.29 is 4.79 Å². The van der Waals surface area contributed by atoms with Gasteiger partial charge in [-0.2, -0.15) is 10.2 Å². The second kappa shape index (κ2) is 5.84. The van der Waals surface area contributed by atoms with Crippen molar-refractivity contribution in [2.45, 2.75) is 19.9 Å². The molecule has 1 aliphatic rings. The fourth-order valence-electron chi connectivity index (χ4n) is 3.85. The number of H-pyrrole nitrogens is 2. The molecule has 7 nitrogen and oxygen atoms in total. The number of hydrogen-bond acceptors (Lipinski definition) is 3. The van der Waals surface area contributed by atoms with Crippen LogP contribution >= 0.6 is 0 Å². The summed E-state index contributed by atoms with van der Waals surface area (Å²) in [7, 11) is 1.92. The van der Waals surface area contributed by atoms with Crippen molar-refractivity contribution in [3.63, 3.8) is 0 Å². The monoisotopic (exact) mass is 360 g/mol. The number of benzene rings is 1. The van der Waals surface area contributed by atoms with E-state index in [1.807, 2.05) is 30.5 Å². The van der Waals surface area contributed by atoms with Crippen molar-refractivity contribution in [1.82, 2.24) is 29.9 Å². The van der Waals surface area contributed by atoms with Gasteiger partial charge in [0.05, 0.1) is 11.9 Å². The minimum atomic E-state index is 0.102. The summed E-state index contributed by atoms with van der Waals surface area (Å²) in [6.07, 6.45) is 6.69. The first-order chi connectivity index (χ1) is 13.1. The van der Waals surface area contributed by atoms with E-state index >= 15 is 0 Å². The first kappa shape index (κ1) is 15.9. The van der Waals surface area contributed by atoms with Crippen molar-refractivity contribution >= 4 is 16.8 Å². The lowest BCUT2D eigenvalue weighted by Gasteiger charge is -2.25. The number of rotatable bonds is 2. The molecule has 7 heteroatoms. The Labute approximate surface area is 156 Å². The van der Waals surface area contributed by atoms with E-state index in [0.717, 1.165) is 57.5 Å². The maximum atomic E-state index is 11.8. The SMILES string of the molecule is CC(=O)N1CCc2[nH]nc(-c3c[nH]c4ccc(-c5cnn(C)c5)cc34)c2C1. The Morgan fingerprint density at radius 2 is 2.15 bits per heavy atom. The van der Waals surface area contributed by atoms with Crippen LogP contribution in [0.5, 0.6) is 0 Å². The number of fused-ring (bicyclic) bond motifs is 2. The van der Waals surface area contributed by atoms with Gasteiger partial charge >= 0.3 is 0 Å². The molecule has 0 saturated heterocycles. The van der Waals surface area contributed by atoms with Gasteiger partial charge in [0.15, 0.2) is 0 Å². The normalized spacial score (nSPS) is 13.9. The van der Waals surface area contributed by atoms with E-state index < -0.39 is 0 Å². The first-order valence-electron chi connectivity index (χ1n) is 9.02. The van der Waals surface area contributed by atoms with Gasteiger partial charge in [-0.15, -0.1) is 0 Å². The van der Waals surface area contributed by atoms with Gasteiger partial charge in [0, 0.05) is 79.2 Å². The Morgan fingerprint density at radius 3 is 2.93 bits per heavy atom. The number of carbonyl (C=O) groups excluding carboxylic acids is 1. The summed E-state index contributed by atoms with van der Waals surface area (Å²) in [4.78, 5) is 17.0. The van der Waals surface area contributed by atoms with Crippen LogP contribution in [0.4, 0.5) is 0 Å². The maximum absolute atomic E-state index is 11.8. The molecule has 5 rings (SSSR count). The van der Waals surface area contributed by atoms with Crippen molar-refractivity contribution in [2.75, 3.05) is 6.54 Å². The lowest BCUT2D eigenvalue weighted by atomic mass is 9.99. The lowest BCUT2D eigenvalue weighted by molar-refractivity contribution is -0.129. The molecule has 4 aromatic rings. The van der Waals surface area contributed by atoms with Crippen molar-refractivity contribution in [3.8, 4) is 22.4 Å². The van der Waals surface area contributed by atoms with Crippen LogP contribution in [0, 0.1) is 0 Å². The minimum Gasteiger partial charge on any atom is -0.360 e. The number of aryl methyl sites for hydroxylation is 1. The summed E-state index contributed by atoms with van der Waals surface area (Å²) >= 11 is 0. The van der Waals surface area contributed by atoms with Gasteiger partial charge in [0.25, 0.3) is 0 Å². The number of nitrogens with zero attached hydrogens (tertiary/aromatic N) is 4. The van der Waals surface area contributed by atoms with Crippen LogP contribution < -0.4 is 0 Å². The molecule has 1 amide bonds. The topological polar surface area (TPSA) is 82.6 Å². The molecule has 4 heterocycles. The molecule has 0 spiro atoms. The van der Waals surface area contributed by atoms with Gasteiger partial charge < -0.3 is 9.88 Å². The second-order valence-electron chi connectivity index (χ2n) is 7.09. The zero-order valence-electron chi connectivity index (χ0n) is 15.3. The third kappa shape index (κ3) is 2.54. The lowest BCUT2D eigenvalue weighted by Crippen LogP contribution is -2.34. The Morgan fingerprint density at radius 1 is 1.26 bits per heavy atom. The molecule has 0 fully saturated rings. The molecule has 1 aliphatic heterocycles. The average molecular weight is 360 g/mol. The molecule has 0 atom stereocenters. The maximum Gasteiger partial charge on any atom is 0.219 e. The molecule has 136 valence electrons. The minimum absolute atomic E-state index is 0.102. The molecule has 2 N–H and O–H groups in total. The molecule has 0 bridgehead atoms. The van der Waals surface area contributed by atoms with E-state index in [2.05, 4.69) is 38.5 Å². The number of carbonyl (C=O) groups is 1. The summed E-state index contributed by atoms with van der Waals surface area (Å²) < 4.78 is 1.80. The van der Waals surface area contributed by atoms with Crippen LogP contribution in [0.15, 0.2) is 36.8 Å². The largest absolute Gasteiger partial charge is 0.360 e. The van der Waals surface area contributed by atoms with Crippen LogP contribution in [0.2, 0.25) is 0 Å². The molecular weight excluding hydrogens is 340 g/mol. The first-order valence-corrected chi connectivity index (χ1v) is 9.02. The van der Waals surface area contributed by atoms with Gasteiger partial charge in [-0.25, -0.2) is 0 Å². The quantitative estimate of drug-likeness (QED) is 0.577. The van der Waals surface area contributed by atoms with Gasteiger partial charge in [-0.1, -0.05) is 6.07 Å². The number of aromatic amines is 2. The zero-order valence-corrected chi connectivity index (χ0v) is 15.3. The van der Waals surface area contributed by atoms with Crippen LogP contribution in [0.25, 0.3) is 33.3 Å². The third-order valence-corrected chi connectivity index (χ3v) is 5.35. The highest BCUT2D eigenvalue weighted by atomic mass is 16.2. The Hall–Kier alpha value is -3.35. The summed E-state index contributed by atoms with van der Waals surface area (Å²) in [6, 6.07) is 6.35. The van der Waals surface area contributed by atoms with Crippen LogP contribution in [-0.4, -0.2) is 42.3 Å². The molecule has 1 aromatic carbocycles. The number of nitrogens with one attached hydrogen (secondary N) is 2. The van der Waals surface area contributed by atoms with E-state index in [-0.39, 0.29) is 5.91 Å². The van der Waals surface area contributed by atoms with E-state index in [1.54, 1.807) is 11.6 Å². The zero-order chi connectivity index (χ0) is 18.5. The van der Waals surface area contributed by atoms with Gasteiger partial charge in [-0.05, 0) is 17.7 Å². The number of amides is 1. The smallest absolute Gasteiger partial charge is 0.219 e. The fraction of sp³-hybridized carbons (Fsp3) is 0.250. The number of hydrogen-bond donors (Lipinski definition) is 2. The predicted molar refractivity (Wildman–Crippen MR) is 103 cm³/mol. The molecule has 0 unspecified atom stereocenters. The molecule has 0 saturated carbocycles. The Bertz CT molecular complexity index is 1160. The Balaban J connectivity index is 1.62. The van der Waals surface area contributed by atoms with Crippen molar-refractivity contribution in [2.24, 2.45) is 7.05 Å². The number of aromatic nitrogens is 5. The predicted octanol–water partition coefficient (Wildman–Crippen LogP) is 2.86. The highest BCUT2D eigenvalue weighted by Gasteiger charge is 2.25. The van der Waals surface area contributed by atoms with Gasteiger partial charge in [0.2, 0.25) is 5.91 Å². The van der Waals surface area contributed by atoms with Crippen molar-refractivity contribution in [1.29, 1.82) is 0 Å². The van der Waals surface area contributed by atoms with E-state index in [9.17, 15) is 4.79 Å². The summed E-state index contributed by atoms with van der Waals surface area (Å²) in [5.41, 5.74) is 7.48. The highest BCUT2D eigenvalue weighted by Crippen LogP contribution is 2.35. The molecular formula is C20H20N6O.